The van der Waals surface area contributed by atoms with Gasteiger partial charge in [-0.3, -0.25) is 37.3 Å². The quantitative estimate of drug-likeness (QED) is 0.0253. The number of nitrogen functional groups attached to an aromatic ring is 1. The van der Waals surface area contributed by atoms with E-state index in [1.54, 1.807) is 0 Å². The number of anilines is 1. The molecule has 0 spiro atoms. The van der Waals surface area contributed by atoms with E-state index in [1.807, 2.05) is 6.92 Å². The van der Waals surface area contributed by atoms with Crippen molar-refractivity contribution in [3.8, 4) is 0 Å². The van der Waals surface area contributed by atoms with Crippen LogP contribution in [0, 0.1) is 17.3 Å². The lowest BCUT2D eigenvalue weighted by atomic mass is 9.79. The van der Waals surface area contributed by atoms with Gasteiger partial charge in [-0.05, 0) is 13.3 Å². The van der Waals surface area contributed by atoms with Crippen molar-refractivity contribution in [2.45, 2.75) is 94.6 Å². The van der Waals surface area contributed by atoms with Gasteiger partial charge in [0.25, 0.3) is 10.2 Å². The summed E-state index contributed by atoms with van der Waals surface area (Å²) >= 11 is 2.27. The number of aliphatic hydroxyl groups is 3. The molecule has 0 radical (unpaired) electrons. The van der Waals surface area contributed by atoms with Crippen LogP contribution in [0.1, 0.15) is 46.8 Å². The molecular formula is C36H58N11O21P3S3. The van der Waals surface area contributed by atoms with E-state index >= 15 is 0 Å². The number of fused-ring (bicyclic) bond motifs is 2. The van der Waals surface area contributed by atoms with Gasteiger partial charge >= 0.3 is 23.5 Å². The largest absolute Gasteiger partial charge is 0.481 e. The molecule has 3 fully saturated rings. The minimum Gasteiger partial charge on any atom is -0.393 e. The molecule has 4 aliphatic rings. The Morgan fingerprint density at radius 1 is 1.07 bits per heavy atom. The fourth-order valence-corrected chi connectivity index (χ4v) is 14.0. The number of imidazole rings is 1. The highest BCUT2D eigenvalue weighted by Crippen LogP contribution is 2.61. The Kier molecular flexibility index (Phi) is 19.4. The second kappa shape index (κ2) is 23.9. The maximum atomic E-state index is 13.7. The number of carbonyl (C=O) groups excluding carboxylic acids is 4. The maximum Gasteiger partial charge on any atom is 0.481 e. The molecule has 7 unspecified atom stereocenters. The van der Waals surface area contributed by atoms with Gasteiger partial charge in [0.2, 0.25) is 22.8 Å². The number of thioether (sulfide) groups is 2. The lowest BCUT2D eigenvalue weighted by Crippen LogP contribution is -2.63. The molecule has 2 aromatic rings. The molecule has 3 saturated heterocycles. The van der Waals surface area contributed by atoms with Crippen molar-refractivity contribution in [1.82, 2.24) is 45.1 Å². The molecule has 38 heteroatoms. The number of nitrogens with two attached hydrogens (primary N) is 2. The minimum absolute atomic E-state index is 0.00458. The second-order valence-corrected chi connectivity index (χ2v) is 26.2. The number of β-lactam (4-membered cyclic amide) rings is 1. The Labute approximate surface area is 430 Å². The van der Waals surface area contributed by atoms with E-state index in [4.69, 9.17) is 24.7 Å². The van der Waals surface area contributed by atoms with Gasteiger partial charge in [-0.2, -0.15) is 12.7 Å². The maximum absolute atomic E-state index is 13.7. The van der Waals surface area contributed by atoms with Crippen LogP contribution in [-0.4, -0.2) is 184 Å². The number of nitrogens with one attached hydrogen (secondary N) is 4. The first-order chi connectivity index (χ1) is 34.3. The standard InChI is InChI=1S/C36H58N11O21P3S3/c1-16-24-22(17(2)48)33(53)47(24)25(28(16)73-19-9-18(41-11-19)10-45-74(38,62)63)35(54)72-8-7-39-21(49)5-6-40-32(52)29(51)36(3,4)13-65-71(60,61)68-70(58,59)64-12-20-27(67-69(55,56)57)26(50)34(66-20)46-15-44-23-30(37)42-14-43-31(23)46/h14-20,22,24,26-27,29,34,41,45,48,50-51H,5-13H2,1-4H3,(H,39,49)(H,40,52)(H,58,59)(H,60,61)(H2,37,42,43)(H2,38,62,63)(H2,55,56,57)/t16-,17-,18+,19+,20?,22-,24-,26?,27?,29?,34?/m1/s1. The summed E-state index contributed by atoms with van der Waals surface area (Å²) in [6.45, 7) is 3.95. The molecule has 0 aromatic carbocycles. The van der Waals surface area contributed by atoms with Crippen LogP contribution in [0.2, 0.25) is 0 Å². The number of ether oxygens (including phenoxy) is 1. The lowest BCUT2D eigenvalue weighted by Gasteiger charge is -2.46. The Balaban J connectivity index is 0.929. The van der Waals surface area contributed by atoms with Crippen molar-refractivity contribution in [3.63, 3.8) is 0 Å². The Morgan fingerprint density at radius 3 is 2.42 bits per heavy atom. The SMILES string of the molecule is C[C@@H](O)[C@H]1C(=O)N2C(C(=O)SCCNC(=O)CCNC(=O)C(O)C(C)(C)COP(=O)(O)OP(=O)(O)OCC3OC(n4cnc5c(N)ncnc54)C(O)C3OP(=O)(O)O)=C(S[C@@H]3CN[C@H](CNS(N)(=O)=O)C3)[C@H](C)[C@H]12. The molecule has 32 nitrogen and oxygen atoms in total. The number of nitrogens with zero attached hydrogens (tertiary/aromatic N) is 5. The average Bonchev–Trinajstić information content (AvgIpc) is 4.06. The van der Waals surface area contributed by atoms with E-state index < -0.39 is 118 Å². The van der Waals surface area contributed by atoms with Gasteiger partial charge in [-0.15, -0.1) is 11.8 Å². The number of rotatable bonds is 26. The number of carbonyl (C=O) groups is 4. The van der Waals surface area contributed by atoms with E-state index in [1.165, 1.54) is 37.4 Å². The third-order valence-electron chi connectivity index (χ3n) is 12.0. The van der Waals surface area contributed by atoms with Crippen LogP contribution in [0.25, 0.3) is 11.2 Å². The number of amides is 3. The van der Waals surface area contributed by atoms with E-state index in [0.29, 0.717) is 17.9 Å². The molecule has 0 saturated carbocycles. The highest BCUT2D eigenvalue weighted by atomic mass is 32.2. The van der Waals surface area contributed by atoms with Crippen molar-refractivity contribution in [2.24, 2.45) is 22.4 Å². The fourth-order valence-electron chi connectivity index (χ4n) is 8.44. The summed E-state index contributed by atoms with van der Waals surface area (Å²) in [7, 11) is -20.5. The van der Waals surface area contributed by atoms with Gasteiger partial charge in [0.15, 0.2) is 17.7 Å². The lowest BCUT2D eigenvalue weighted by molar-refractivity contribution is -0.160. The summed E-state index contributed by atoms with van der Waals surface area (Å²) < 4.78 is 87.6. The molecule has 0 aliphatic carbocycles. The van der Waals surface area contributed by atoms with Crippen LogP contribution in [0.3, 0.4) is 0 Å². The van der Waals surface area contributed by atoms with Crippen LogP contribution in [0.15, 0.2) is 23.3 Å². The molecule has 4 aliphatic heterocycles. The minimum atomic E-state index is -5.63. The van der Waals surface area contributed by atoms with Crippen molar-refractivity contribution in [1.29, 1.82) is 0 Å². The van der Waals surface area contributed by atoms with Gasteiger partial charge in [-0.1, -0.05) is 32.5 Å². The summed E-state index contributed by atoms with van der Waals surface area (Å²) in [5, 5.41) is 44.8. The first kappa shape index (κ1) is 60.1. The topological polar surface area (TPSA) is 488 Å². The molecule has 6 rings (SSSR count). The van der Waals surface area contributed by atoms with Gasteiger partial charge in [-0.25, -0.2) is 38.5 Å². The summed E-state index contributed by atoms with van der Waals surface area (Å²) in [6.07, 6.45) is -7.70. The fraction of sp³-hybridized carbons (Fsp3) is 0.694. The molecule has 15 N–H and O–H groups in total. The first-order valence-corrected chi connectivity index (χ1v) is 30.2. The zero-order valence-corrected chi connectivity index (χ0v) is 44.8. The predicted molar refractivity (Wildman–Crippen MR) is 258 cm³/mol. The third-order valence-corrected chi connectivity index (χ3v) is 18.1. The van der Waals surface area contributed by atoms with Crippen LogP contribution in [-0.2, 0) is 65.7 Å². The highest BCUT2D eigenvalue weighted by Gasteiger charge is 2.60. The first-order valence-electron chi connectivity index (χ1n) is 22.3. The molecular weight excluding hydrogens is 1110 g/mol. The summed E-state index contributed by atoms with van der Waals surface area (Å²) in [5.74, 6) is -2.95. The molecule has 3 amide bonds. The normalized spacial score (nSPS) is 27.9. The summed E-state index contributed by atoms with van der Waals surface area (Å²) in [5.41, 5.74) is 4.36. The number of aromatic nitrogens is 4. The van der Waals surface area contributed by atoms with Crippen LogP contribution in [0.4, 0.5) is 5.82 Å². The smallest absolute Gasteiger partial charge is 0.393 e. The highest BCUT2D eigenvalue weighted by molar-refractivity contribution is 8.14. The molecule has 74 heavy (non-hydrogen) atoms. The van der Waals surface area contributed by atoms with E-state index in [-0.39, 0.29) is 77.6 Å². The zero-order chi connectivity index (χ0) is 54.9. The Hall–Kier alpha value is -3.09. The van der Waals surface area contributed by atoms with Crippen LogP contribution < -0.4 is 31.5 Å². The van der Waals surface area contributed by atoms with Gasteiger partial charge in [0.05, 0.1) is 37.6 Å². The number of phosphoric acid groups is 3. The van der Waals surface area contributed by atoms with Crippen LogP contribution in [0.5, 0.6) is 0 Å². The molecule has 2 aromatic heterocycles. The molecule has 6 heterocycles. The van der Waals surface area contributed by atoms with Crippen molar-refractivity contribution < 1.29 is 98.8 Å². The van der Waals surface area contributed by atoms with Crippen molar-refractivity contribution in [2.75, 3.05) is 50.9 Å². The van der Waals surface area contributed by atoms with Crippen molar-refractivity contribution >= 4 is 97.0 Å². The summed E-state index contributed by atoms with van der Waals surface area (Å²) in [4.78, 5) is 106. The monoisotopic (exact) mass is 1170 g/mol. The van der Waals surface area contributed by atoms with Gasteiger partial charge in [0.1, 0.15) is 42.0 Å². The van der Waals surface area contributed by atoms with E-state index in [2.05, 4.69) is 44.5 Å². The van der Waals surface area contributed by atoms with Crippen molar-refractivity contribution in [3.05, 3.63) is 23.3 Å². The van der Waals surface area contributed by atoms with Gasteiger partial charge in [0, 0.05) is 65.9 Å². The van der Waals surface area contributed by atoms with E-state index in [0.717, 1.165) is 29.0 Å². The summed E-state index contributed by atoms with van der Waals surface area (Å²) in [6, 6.07) is -0.657. The molecule has 0 bridgehead atoms. The van der Waals surface area contributed by atoms with Gasteiger partial charge < -0.3 is 66.2 Å². The van der Waals surface area contributed by atoms with E-state index in [9.17, 15) is 76.2 Å². The number of phosphoric ester groups is 3. The predicted octanol–water partition coefficient (Wildman–Crippen LogP) is -3.01. The molecule has 13 atom stereocenters. The Morgan fingerprint density at radius 2 is 1.76 bits per heavy atom. The molecule has 416 valence electrons. The number of hydrogen-bond acceptors (Lipinski definition) is 24. The number of hydrogen-bond donors (Lipinski definition) is 13. The second-order valence-electron chi connectivity index (χ2n) is 18.1. The number of aliphatic hydroxyl groups excluding tert-OH is 3. The Bertz CT molecular complexity index is 2740. The average molecular weight is 1170 g/mol. The van der Waals surface area contributed by atoms with Crippen LogP contribution >= 0.6 is 47.0 Å². The third kappa shape index (κ3) is 14.9. The zero-order valence-electron chi connectivity index (χ0n) is 39.7.